The SMILES string of the molecule is O=C1CCC(NC[C@H](O)c2ccc(Cl)c(Cl)c2)CCN1. The first-order chi connectivity index (χ1) is 9.56. The van der Waals surface area contributed by atoms with Crippen LogP contribution in [0.5, 0.6) is 0 Å². The van der Waals surface area contributed by atoms with Crippen LogP contribution in [-0.4, -0.2) is 30.1 Å². The molecule has 1 aromatic rings. The van der Waals surface area contributed by atoms with Crippen LogP contribution in [-0.2, 0) is 4.79 Å². The van der Waals surface area contributed by atoms with E-state index in [1.807, 2.05) is 0 Å². The van der Waals surface area contributed by atoms with Crippen LogP contribution in [0.3, 0.4) is 0 Å². The lowest BCUT2D eigenvalue weighted by molar-refractivity contribution is -0.120. The lowest BCUT2D eigenvalue weighted by Crippen LogP contribution is -2.33. The number of aliphatic hydroxyl groups is 1. The van der Waals surface area contributed by atoms with Gasteiger partial charge in [-0.2, -0.15) is 0 Å². The Kier molecular flexibility index (Phi) is 5.66. The number of rotatable bonds is 4. The molecular formula is C14H18Cl2N2O2. The summed E-state index contributed by atoms with van der Waals surface area (Å²) < 4.78 is 0. The van der Waals surface area contributed by atoms with E-state index in [-0.39, 0.29) is 11.9 Å². The van der Waals surface area contributed by atoms with Crippen molar-refractivity contribution in [2.45, 2.75) is 31.4 Å². The fourth-order valence-corrected chi connectivity index (χ4v) is 2.55. The number of benzene rings is 1. The third kappa shape index (κ3) is 4.35. The van der Waals surface area contributed by atoms with E-state index in [4.69, 9.17) is 23.2 Å². The van der Waals surface area contributed by atoms with E-state index in [0.717, 1.165) is 18.4 Å². The lowest BCUT2D eigenvalue weighted by atomic mass is 10.1. The summed E-state index contributed by atoms with van der Waals surface area (Å²) in [5, 5.41) is 17.2. The second-order valence-electron chi connectivity index (χ2n) is 4.97. The zero-order valence-corrected chi connectivity index (χ0v) is 12.5. The van der Waals surface area contributed by atoms with Crippen molar-refractivity contribution in [1.29, 1.82) is 0 Å². The summed E-state index contributed by atoms with van der Waals surface area (Å²) in [5.41, 5.74) is 0.731. The van der Waals surface area contributed by atoms with Gasteiger partial charge in [0.05, 0.1) is 16.1 Å². The average Bonchev–Trinajstić information content (AvgIpc) is 2.64. The molecule has 1 heterocycles. The van der Waals surface area contributed by atoms with Crippen molar-refractivity contribution in [3.8, 4) is 0 Å². The van der Waals surface area contributed by atoms with E-state index >= 15 is 0 Å². The normalized spacial score (nSPS) is 21.1. The Morgan fingerprint density at radius 1 is 1.35 bits per heavy atom. The molecule has 1 amide bonds. The van der Waals surface area contributed by atoms with Crippen LogP contribution in [0, 0.1) is 0 Å². The number of halogens is 2. The van der Waals surface area contributed by atoms with Crippen LogP contribution >= 0.6 is 23.2 Å². The molecule has 0 aliphatic carbocycles. The maximum Gasteiger partial charge on any atom is 0.220 e. The second kappa shape index (κ2) is 7.27. The Bertz CT molecular complexity index is 482. The molecule has 2 atom stereocenters. The molecule has 3 N–H and O–H groups in total. The molecule has 2 rings (SSSR count). The van der Waals surface area contributed by atoms with E-state index in [1.165, 1.54) is 0 Å². The smallest absolute Gasteiger partial charge is 0.220 e. The highest BCUT2D eigenvalue weighted by molar-refractivity contribution is 6.42. The van der Waals surface area contributed by atoms with Gasteiger partial charge in [-0.05, 0) is 30.5 Å². The number of hydrogen-bond acceptors (Lipinski definition) is 3. The quantitative estimate of drug-likeness (QED) is 0.798. The van der Waals surface area contributed by atoms with Crippen molar-refractivity contribution < 1.29 is 9.90 Å². The Morgan fingerprint density at radius 3 is 2.90 bits per heavy atom. The lowest BCUT2D eigenvalue weighted by Gasteiger charge is -2.19. The Morgan fingerprint density at radius 2 is 2.15 bits per heavy atom. The fraction of sp³-hybridized carbons (Fsp3) is 0.500. The summed E-state index contributed by atoms with van der Waals surface area (Å²) in [5.74, 6) is 0.0966. The van der Waals surface area contributed by atoms with Gasteiger partial charge in [-0.25, -0.2) is 0 Å². The second-order valence-corrected chi connectivity index (χ2v) is 5.79. The zero-order valence-electron chi connectivity index (χ0n) is 11.0. The van der Waals surface area contributed by atoms with E-state index in [9.17, 15) is 9.90 Å². The fourth-order valence-electron chi connectivity index (χ4n) is 2.24. The molecule has 1 unspecified atom stereocenters. The minimum absolute atomic E-state index is 0.0966. The maximum atomic E-state index is 11.2. The summed E-state index contributed by atoms with van der Waals surface area (Å²) >= 11 is 11.8. The maximum absolute atomic E-state index is 11.2. The Balaban J connectivity index is 1.86. The molecule has 0 radical (unpaired) electrons. The van der Waals surface area contributed by atoms with Crippen molar-refractivity contribution in [3.63, 3.8) is 0 Å². The first kappa shape index (κ1) is 15.6. The minimum Gasteiger partial charge on any atom is -0.387 e. The molecule has 0 bridgehead atoms. The van der Waals surface area contributed by atoms with Gasteiger partial charge >= 0.3 is 0 Å². The van der Waals surface area contributed by atoms with Gasteiger partial charge in [-0.3, -0.25) is 4.79 Å². The first-order valence-corrected chi connectivity index (χ1v) is 7.45. The van der Waals surface area contributed by atoms with Gasteiger partial charge in [0.1, 0.15) is 0 Å². The van der Waals surface area contributed by atoms with Crippen LogP contribution in [0.15, 0.2) is 18.2 Å². The third-order valence-electron chi connectivity index (χ3n) is 3.46. The zero-order chi connectivity index (χ0) is 14.5. The van der Waals surface area contributed by atoms with Gasteiger partial charge in [0, 0.05) is 25.6 Å². The predicted octanol–water partition coefficient (Wildman–Crippen LogP) is 2.29. The van der Waals surface area contributed by atoms with Crippen LogP contribution in [0.2, 0.25) is 10.0 Å². The van der Waals surface area contributed by atoms with Crippen LogP contribution in [0.4, 0.5) is 0 Å². The third-order valence-corrected chi connectivity index (χ3v) is 4.20. The molecule has 4 nitrogen and oxygen atoms in total. The first-order valence-electron chi connectivity index (χ1n) is 6.69. The molecule has 1 aromatic carbocycles. The average molecular weight is 317 g/mol. The van der Waals surface area contributed by atoms with Crippen molar-refractivity contribution in [2.24, 2.45) is 0 Å². The predicted molar refractivity (Wildman–Crippen MR) is 80.1 cm³/mol. The van der Waals surface area contributed by atoms with Gasteiger partial charge in [0.15, 0.2) is 0 Å². The van der Waals surface area contributed by atoms with Gasteiger partial charge in [0.25, 0.3) is 0 Å². The van der Waals surface area contributed by atoms with E-state index in [1.54, 1.807) is 18.2 Å². The number of amides is 1. The molecule has 0 spiro atoms. The largest absolute Gasteiger partial charge is 0.387 e. The molecule has 0 aromatic heterocycles. The molecule has 0 saturated carbocycles. The molecule has 1 aliphatic heterocycles. The van der Waals surface area contributed by atoms with Gasteiger partial charge in [-0.1, -0.05) is 29.3 Å². The van der Waals surface area contributed by atoms with Crippen LogP contribution in [0.25, 0.3) is 0 Å². The summed E-state index contributed by atoms with van der Waals surface area (Å²) in [6.45, 7) is 1.11. The topological polar surface area (TPSA) is 61.4 Å². The number of aliphatic hydroxyl groups excluding tert-OH is 1. The molecule has 110 valence electrons. The summed E-state index contributed by atoms with van der Waals surface area (Å²) in [6, 6.07) is 5.36. The molecule has 1 aliphatic rings. The summed E-state index contributed by atoms with van der Waals surface area (Å²) in [4.78, 5) is 11.2. The van der Waals surface area contributed by atoms with Gasteiger partial charge in [0.2, 0.25) is 5.91 Å². The highest BCUT2D eigenvalue weighted by atomic mass is 35.5. The molecular weight excluding hydrogens is 299 g/mol. The van der Waals surface area contributed by atoms with Crippen LogP contribution in [0.1, 0.15) is 30.9 Å². The molecule has 20 heavy (non-hydrogen) atoms. The minimum atomic E-state index is -0.642. The Labute approximate surface area is 128 Å². The highest BCUT2D eigenvalue weighted by Gasteiger charge is 2.17. The van der Waals surface area contributed by atoms with Crippen molar-refractivity contribution >= 4 is 29.1 Å². The van der Waals surface area contributed by atoms with Crippen molar-refractivity contribution in [3.05, 3.63) is 33.8 Å². The number of carbonyl (C=O) groups excluding carboxylic acids is 1. The Hall–Kier alpha value is -0.810. The van der Waals surface area contributed by atoms with Gasteiger partial charge < -0.3 is 15.7 Å². The summed E-state index contributed by atoms with van der Waals surface area (Å²) in [6.07, 6.45) is 1.55. The number of carbonyl (C=O) groups is 1. The van der Waals surface area contributed by atoms with E-state index in [2.05, 4.69) is 10.6 Å². The molecule has 6 heteroatoms. The monoisotopic (exact) mass is 316 g/mol. The van der Waals surface area contributed by atoms with Crippen molar-refractivity contribution in [2.75, 3.05) is 13.1 Å². The molecule has 1 fully saturated rings. The summed E-state index contributed by atoms with van der Waals surface area (Å²) in [7, 11) is 0. The molecule has 1 saturated heterocycles. The van der Waals surface area contributed by atoms with Gasteiger partial charge in [-0.15, -0.1) is 0 Å². The van der Waals surface area contributed by atoms with E-state index in [0.29, 0.717) is 29.6 Å². The van der Waals surface area contributed by atoms with Crippen LogP contribution < -0.4 is 10.6 Å². The van der Waals surface area contributed by atoms with Crippen molar-refractivity contribution in [1.82, 2.24) is 10.6 Å². The number of hydrogen-bond donors (Lipinski definition) is 3. The highest BCUT2D eigenvalue weighted by Crippen LogP contribution is 2.25. The standard InChI is InChI=1S/C14H18Cl2N2O2/c15-11-3-1-9(7-12(11)16)13(19)8-18-10-2-4-14(20)17-6-5-10/h1,3,7,10,13,18-19H,2,4-6,8H2,(H,17,20)/t10?,13-/m0/s1. The van der Waals surface area contributed by atoms with E-state index < -0.39 is 6.10 Å². The number of nitrogens with one attached hydrogen (secondary N) is 2.